The molecular formula is C12H14F3NOS. The molecule has 0 bridgehead atoms. The fraction of sp³-hybridized carbons (Fsp3) is 0.583. The van der Waals surface area contributed by atoms with Crippen LogP contribution < -0.4 is 0 Å². The molecule has 0 N–H and O–H groups in total. The van der Waals surface area contributed by atoms with Crippen molar-refractivity contribution in [2.45, 2.75) is 25.9 Å². The molecule has 1 aromatic rings. The molecule has 0 aliphatic carbocycles. The van der Waals surface area contributed by atoms with Crippen LogP contribution in [0.25, 0.3) is 0 Å². The van der Waals surface area contributed by atoms with Gasteiger partial charge in [-0.25, -0.2) is 0 Å². The number of amides is 1. The summed E-state index contributed by atoms with van der Waals surface area (Å²) in [5.74, 6) is -1.65. The molecule has 2 heterocycles. The van der Waals surface area contributed by atoms with E-state index in [1.807, 2.05) is 6.07 Å². The molecule has 1 aliphatic rings. The van der Waals surface area contributed by atoms with Crippen LogP contribution in [0.15, 0.2) is 11.4 Å². The number of thiophene rings is 1. The van der Waals surface area contributed by atoms with Gasteiger partial charge in [0.25, 0.3) is 5.91 Å². The van der Waals surface area contributed by atoms with E-state index in [0.29, 0.717) is 17.8 Å². The van der Waals surface area contributed by atoms with Gasteiger partial charge < -0.3 is 4.90 Å². The Balaban J connectivity index is 2.10. The minimum absolute atomic E-state index is 0.122. The van der Waals surface area contributed by atoms with E-state index < -0.39 is 12.1 Å². The number of piperidine rings is 1. The predicted molar refractivity (Wildman–Crippen MR) is 63.7 cm³/mol. The van der Waals surface area contributed by atoms with Crippen molar-refractivity contribution in [3.05, 3.63) is 21.9 Å². The van der Waals surface area contributed by atoms with E-state index in [1.54, 1.807) is 12.3 Å². The van der Waals surface area contributed by atoms with Gasteiger partial charge in [0.05, 0.1) is 10.8 Å². The molecule has 18 heavy (non-hydrogen) atoms. The van der Waals surface area contributed by atoms with Crippen LogP contribution in [-0.2, 0) is 0 Å². The van der Waals surface area contributed by atoms with Crippen LogP contribution in [-0.4, -0.2) is 30.1 Å². The zero-order valence-corrected chi connectivity index (χ0v) is 10.8. The third kappa shape index (κ3) is 2.68. The largest absolute Gasteiger partial charge is 0.393 e. The number of nitrogens with zero attached hydrogens (tertiary/aromatic N) is 1. The Labute approximate surface area is 107 Å². The van der Waals surface area contributed by atoms with Crippen molar-refractivity contribution in [3.63, 3.8) is 0 Å². The minimum Gasteiger partial charge on any atom is -0.337 e. The average Bonchev–Trinajstić information content (AvgIpc) is 2.73. The number of hydrogen-bond donors (Lipinski definition) is 0. The Morgan fingerprint density at radius 1 is 1.50 bits per heavy atom. The molecule has 1 aliphatic heterocycles. The second kappa shape index (κ2) is 4.91. The highest BCUT2D eigenvalue weighted by Crippen LogP contribution is 2.34. The smallest absolute Gasteiger partial charge is 0.337 e. The highest BCUT2D eigenvalue weighted by molar-refractivity contribution is 7.12. The molecule has 1 atom stereocenters. The molecule has 1 amide bonds. The van der Waals surface area contributed by atoms with Gasteiger partial charge in [-0.1, -0.05) is 0 Å². The van der Waals surface area contributed by atoms with E-state index >= 15 is 0 Å². The molecule has 6 heteroatoms. The first-order valence-corrected chi connectivity index (χ1v) is 6.67. The van der Waals surface area contributed by atoms with Gasteiger partial charge in [0.1, 0.15) is 0 Å². The minimum atomic E-state index is -4.20. The van der Waals surface area contributed by atoms with Gasteiger partial charge in [-0.2, -0.15) is 13.2 Å². The number of rotatable bonds is 1. The van der Waals surface area contributed by atoms with Crippen molar-refractivity contribution < 1.29 is 18.0 Å². The lowest BCUT2D eigenvalue weighted by molar-refractivity contribution is -0.184. The van der Waals surface area contributed by atoms with E-state index in [4.69, 9.17) is 0 Å². The van der Waals surface area contributed by atoms with Gasteiger partial charge in [0.15, 0.2) is 0 Å². The van der Waals surface area contributed by atoms with Crippen molar-refractivity contribution in [2.24, 2.45) is 5.92 Å². The first-order valence-electron chi connectivity index (χ1n) is 5.79. The first-order chi connectivity index (χ1) is 8.39. The van der Waals surface area contributed by atoms with Crippen molar-refractivity contribution in [3.8, 4) is 0 Å². The SMILES string of the molecule is Cc1ccsc1C(=O)N1CCC[C@@H](C(F)(F)F)C1. The molecule has 1 aromatic heterocycles. The summed E-state index contributed by atoms with van der Waals surface area (Å²) >= 11 is 1.29. The fourth-order valence-electron chi connectivity index (χ4n) is 2.16. The molecule has 2 rings (SSSR count). The summed E-state index contributed by atoms with van der Waals surface area (Å²) in [5.41, 5.74) is 0.833. The average molecular weight is 277 g/mol. The summed E-state index contributed by atoms with van der Waals surface area (Å²) in [6, 6.07) is 1.81. The Morgan fingerprint density at radius 3 is 2.78 bits per heavy atom. The molecule has 1 saturated heterocycles. The van der Waals surface area contributed by atoms with Gasteiger partial charge in [0, 0.05) is 13.1 Å². The number of hydrogen-bond acceptors (Lipinski definition) is 2. The first kappa shape index (κ1) is 13.4. The fourth-order valence-corrected chi connectivity index (χ4v) is 3.06. The van der Waals surface area contributed by atoms with Gasteiger partial charge in [-0.15, -0.1) is 11.3 Å². The monoisotopic (exact) mass is 277 g/mol. The van der Waals surface area contributed by atoms with Crippen LogP contribution in [0.3, 0.4) is 0 Å². The Kier molecular flexibility index (Phi) is 3.66. The quantitative estimate of drug-likeness (QED) is 0.769. The Bertz CT molecular complexity index is 441. The summed E-state index contributed by atoms with van der Waals surface area (Å²) in [7, 11) is 0. The summed E-state index contributed by atoms with van der Waals surface area (Å²) in [4.78, 5) is 14.0. The maximum absolute atomic E-state index is 12.7. The van der Waals surface area contributed by atoms with E-state index in [2.05, 4.69) is 0 Å². The second-order valence-corrected chi connectivity index (χ2v) is 5.48. The number of carbonyl (C=O) groups is 1. The van der Waals surface area contributed by atoms with Gasteiger partial charge in [0.2, 0.25) is 0 Å². The molecule has 1 fully saturated rings. The molecule has 2 nitrogen and oxygen atoms in total. The maximum atomic E-state index is 12.7. The second-order valence-electron chi connectivity index (χ2n) is 4.56. The molecule has 0 saturated carbocycles. The molecule has 100 valence electrons. The van der Waals surface area contributed by atoms with Crippen molar-refractivity contribution in [2.75, 3.05) is 13.1 Å². The van der Waals surface area contributed by atoms with Crippen molar-refractivity contribution >= 4 is 17.2 Å². The Morgan fingerprint density at radius 2 is 2.22 bits per heavy atom. The molecule has 0 spiro atoms. The topological polar surface area (TPSA) is 20.3 Å². The third-order valence-corrected chi connectivity index (χ3v) is 4.23. The lowest BCUT2D eigenvalue weighted by Gasteiger charge is -2.33. The van der Waals surface area contributed by atoms with Crippen LogP contribution >= 0.6 is 11.3 Å². The number of likely N-dealkylation sites (tertiary alicyclic amines) is 1. The number of alkyl halides is 3. The zero-order valence-electron chi connectivity index (χ0n) is 9.96. The Hall–Kier alpha value is -1.04. The lowest BCUT2D eigenvalue weighted by Crippen LogP contribution is -2.44. The summed E-state index contributed by atoms with van der Waals surface area (Å²) in [6.45, 7) is 2.01. The van der Waals surface area contributed by atoms with Crippen LogP contribution in [0.1, 0.15) is 28.1 Å². The van der Waals surface area contributed by atoms with Gasteiger partial charge >= 0.3 is 6.18 Å². The summed E-state index contributed by atoms with van der Waals surface area (Å²) in [6.07, 6.45) is -3.67. The lowest BCUT2D eigenvalue weighted by atomic mass is 9.97. The van der Waals surface area contributed by atoms with E-state index in [-0.39, 0.29) is 18.9 Å². The molecule has 0 unspecified atom stereocenters. The highest BCUT2D eigenvalue weighted by atomic mass is 32.1. The van der Waals surface area contributed by atoms with Crippen LogP contribution in [0, 0.1) is 12.8 Å². The summed E-state index contributed by atoms with van der Waals surface area (Å²) in [5, 5.41) is 1.79. The van der Waals surface area contributed by atoms with Gasteiger partial charge in [-0.3, -0.25) is 4.79 Å². The number of aryl methyl sites for hydroxylation is 1. The highest BCUT2D eigenvalue weighted by Gasteiger charge is 2.42. The zero-order chi connectivity index (χ0) is 13.3. The van der Waals surface area contributed by atoms with E-state index in [0.717, 1.165) is 5.56 Å². The van der Waals surface area contributed by atoms with Crippen LogP contribution in [0.4, 0.5) is 13.2 Å². The summed E-state index contributed by atoms with van der Waals surface area (Å²) < 4.78 is 38.0. The maximum Gasteiger partial charge on any atom is 0.393 e. The van der Waals surface area contributed by atoms with Crippen LogP contribution in [0.5, 0.6) is 0 Å². The van der Waals surface area contributed by atoms with E-state index in [9.17, 15) is 18.0 Å². The van der Waals surface area contributed by atoms with E-state index in [1.165, 1.54) is 16.2 Å². The third-order valence-electron chi connectivity index (χ3n) is 3.23. The molecule has 0 radical (unpaired) electrons. The normalized spacial score (nSPS) is 21.1. The molecule has 0 aromatic carbocycles. The number of halogens is 3. The van der Waals surface area contributed by atoms with Crippen LogP contribution in [0.2, 0.25) is 0 Å². The van der Waals surface area contributed by atoms with Gasteiger partial charge in [-0.05, 0) is 36.8 Å². The molecular weight excluding hydrogens is 263 g/mol. The number of carbonyl (C=O) groups excluding carboxylic acids is 1. The van der Waals surface area contributed by atoms with Crippen molar-refractivity contribution in [1.82, 2.24) is 4.90 Å². The standard InChI is InChI=1S/C12H14F3NOS/c1-8-4-6-18-10(8)11(17)16-5-2-3-9(7-16)12(13,14)15/h4,6,9H,2-3,5,7H2,1H3/t9-/m1/s1. The predicted octanol–water partition coefficient (Wildman–Crippen LogP) is 3.47. The van der Waals surface area contributed by atoms with Crippen molar-refractivity contribution in [1.29, 1.82) is 0 Å².